The molecule has 1 N–H and O–H groups in total. The van der Waals surface area contributed by atoms with Gasteiger partial charge < -0.3 is 9.47 Å². The first-order chi connectivity index (χ1) is 10.9. The summed E-state index contributed by atoms with van der Waals surface area (Å²) in [4.78, 5) is 28.0. The van der Waals surface area contributed by atoms with Crippen molar-refractivity contribution < 1.29 is 19.1 Å². The van der Waals surface area contributed by atoms with Crippen LogP contribution in [0.15, 0.2) is 18.2 Å². The maximum atomic E-state index is 12.0. The second-order valence-electron chi connectivity index (χ2n) is 5.03. The number of esters is 1. The lowest BCUT2D eigenvalue weighted by molar-refractivity contribution is -0.118. The monoisotopic (exact) mass is 334 g/mol. The Morgan fingerprint density at radius 3 is 2.70 bits per heavy atom. The van der Waals surface area contributed by atoms with Crippen LogP contribution in [0.5, 0.6) is 5.75 Å². The van der Waals surface area contributed by atoms with Gasteiger partial charge in [-0.05, 0) is 38.0 Å². The van der Waals surface area contributed by atoms with Crippen molar-refractivity contribution in [3.63, 3.8) is 0 Å². The van der Waals surface area contributed by atoms with E-state index >= 15 is 0 Å². The van der Waals surface area contributed by atoms with E-state index < -0.39 is 5.97 Å². The molecule has 0 unspecified atom stereocenters. The molecule has 2 aromatic rings. The third-order valence-electron chi connectivity index (χ3n) is 3.12. The van der Waals surface area contributed by atoms with Gasteiger partial charge in [-0.25, -0.2) is 9.78 Å². The first-order valence-electron chi connectivity index (χ1n) is 6.96. The summed E-state index contributed by atoms with van der Waals surface area (Å²) in [6.07, 6.45) is 0. The Morgan fingerprint density at radius 1 is 1.26 bits per heavy atom. The van der Waals surface area contributed by atoms with Crippen LogP contribution in [0.1, 0.15) is 26.5 Å². The Kier molecular flexibility index (Phi) is 5.33. The van der Waals surface area contributed by atoms with Crippen LogP contribution in [0.3, 0.4) is 0 Å². The number of nitrogens with one attached hydrogen (secondary N) is 1. The Bertz CT molecular complexity index is 740. The number of ether oxygens (including phenoxy) is 2. The lowest BCUT2D eigenvalue weighted by Crippen LogP contribution is -2.20. The average molecular weight is 334 g/mol. The van der Waals surface area contributed by atoms with E-state index in [2.05, 4.69) is 15.0 Å². The molecular weight excluding hydrogens is 316 g/mol. The van der Waals surface area contributed by atoms with Gasteiger partial charge in [0.1, 0.15) is 10.6 Å². The largest absolute Gasteiger partial charge is 0.483 e. The molecule has 23 heavy (non-hydrogen) atoms. The zero-order valence-corrected chi connectivity index (χ0v) is 14.2. The Hall–Kier alpha value is -2.41. The van der Waals surface area contributed by atoms with E-state index in [-0.39, 0.29) is 12.5 Å². The molecule has 1 aromatic heterocycles. The van der Waals surface area contributed by atoms with E-state index in [0.29, 0.717) is 21.5 Å². The third kappa shape index (κ3) is 4.29. The van der Waals surface area contributed by atoms with Gasteiger partial charge in [0.25, 0.3) is 5.91 Å². The minimum Gasteiger partial charge on any atom is -0.483 e. The van der Waals surface area contributed by atoms with Crippen molar-refractivity contribution in [2.45, 2.75) is 20.8 Å². The number of aromatic nitrogens is 1. The van der Waals surface area contributed by atoms with Crippen LogP contribution in [-0.2, 0) is 9.53 Å². The van der Waals surface area contributed by atoms with E-state index in [1.54, 1.807) is 6.92 Å². The van der Waals surface area contributed by atoms with Gasteiger partial charge in [0.2, 0.25) is 0 Å². The number of hydrogen-bond acceptors (Lipinski definition) is 6. The van der Waals surface area contributed by atoms with E-state index in [0.717, 1.165) is 22.5 Å². The summed E-state index contributed by atoms with van der Waals surface area (Å²) in [6.45, 7) is 5.43. The fourth-order valence-corrected chi connectivity index (χ4v) is 2.79. The number of aryl methyl sites for hydroxylation is 3. The zero-order chi connectivity index (χ0) is 17.0. The van der Waals surface area contributed by atoms with Gasteiger partial charge in [0.05, 0.1) is 12.8 Å². The van der Waals surface area contributed by atoms with Crippen LogP contribution < -0.4 is 10.1 Å². The molecule has 1 heterocycles. The molecule has 0 saturated carbocycles. The number of anilines is 1. The summed E-state index contributed by atoms with van der Waals surface area (Å²) in [5.74, 6) is -0.131. The highest BCUT2D eigenvalue weighted by Gasteiger charge is 2.17. The van der Waals surface area contributed by atoms with Crippen LogP contribution >= 0.6 is 11.3 Å². The highest BCUT2D eigenvalue weighted by molar-refractivity contribution is 7.17. The van der Waals surface area contributed by atoms with Crippen molar-refractivity contribution >= 4 is 28.3 Å². The Balaban J connectivity index is 1.97. The van der Waals surface area contributed by atoms with Gasteiger partial charge in [-0.2, -0.15) is 0 Å². The zero-order valence-electron chi connectivity index (χ0n) is 13.4. The number of nitrogens with zero attached hydrogens (tertiary/aromatic N) is 1. The summed E-state index contributed by atoms with van der Waals surface area (Å²) < 4.78 is 10.2. The lowest BCUT2D eigenvalue weighted by Gasteiger charge is -2.09. The molecule has 0 atom stereocenters. The summed E-state index contributed by atoms with van der Waals surface area (Å²) in [5.41, 5.74) is 2.54. The molecule has 0 saturated heterocycles. The molecule has 0 bridgehead atoms. The van der Waals surface area contributed by atoms with Gasteiger partial charge in [0, 0.05) is 0 Å². The second kappa shape index (κ2) is 7.23. The van der Waals surface area contributed by atoms with E-state index in [9.17, 15) is 9.59 Å². The van der Waals surface area contributed by atoms with Crippen molar-refractivity contribution in [3.8, 4) is 5.75 Å². The number of hydrogen-bond donors (Lipinski definition) is 1. The number of carbonyl (C=O) groups is 2. The number of methoxy groups -OCH3 is 1. The quantitative estimate of drug-likeness (QED) is 0.851. The number of benzene rings is 1. The first kappa shape index (κ1) is 17.0. The average Bonchev–Trinajstić information content (AvgIpc) is 2.87. The van der Waals surface area contributed by atoms with Crippen molar-refractivity contribution in [2.24, 2.45) is 0 Å². The molecule has 2 rings (SSSR count). The Morgan fingerprint density at radius 2 is 2.00 bits per heavy atom. The van der Waals surface area contributed by atoms with Crippen LogP contribution in [0.2, 0.25) is 0 Å². The fourth-order valence-electron chi connectivity index (χ4n) is 1.89. The van der Waals surface area contributed by atoms with Gasteiger partial charge >= 0.3 is 5.97 Å². The van der Waals surface area contributed by atoms with Crippen molar-refractivity contribution in [2.75, 3.05) is 19.0 Å². The molecule has 7 heteroatoms. The Labute approximate surface area is 138 Å². The maximum Gasteiger partial charge on any atom is 0.350 e. The molecule has 1 aromatic carbocycles. The molecule has 1 amide bonds. The molecular formula is C16H18N2O4S. The van der Waals surface area contributed by atoms with E-state index in [1.165, 1.54) is 7.11 Å². The molecule has 0 radical (unpaired) electrons. The third-order valence-corrected chi connectivity index (χ3v) is 4.17. The fraction of sp³-hybridized carbons (Fsp3) is 0.312. The minimum atomic E-state index is -0.466. The number of rotatable bonds is 5. The lowest BCUT2D eigenvalue weighted by atomic mass is 10.1. The number of carbonyl (C=O) groups excluding carboxylic acids is 2. The van der Waals surface area contributed by atoms with E-state index in [4.69, 9.17) is 4.74 Å². The molecule has 0 fully saturated rings. The van der Waals surface area contributed by atoms with Crippen molar-refractivity contribution in [3.05, 3.63) is 39.9 Å². The number of thiazole rings is 1. The standard InChI is InChI=1S/C16H18N2O4S/c1-9-5-6-10(2)12(7-9)22-8-13(19)18-16-17-11(3)14(23-16)15(20)21-4/h5-7H,8H2,1-4H3,(H,17,18,19). The number of amides is 1. The molecule has 0 aliphatic carbocycles. The molecule has 0 aliphatic heterocycles. The highest BCUT2D eigenvalue weighted by Crippen LogP contribution is 2.23. The van der Waals surface area contributed by atoms with Gasteiger partial charge in [-0.1, -0.05) is 23.5 Å². The van der Waals surface area contributed by atoms with Crippen molar-refractivity contribution in [1.82, 2.24) is 4.98 Å². The molecule has 6 nitrogen and oxygen atoms in total. The normalized spacial score (nSPS) is 10.3. The topological polar surface area (TPSA) is 77.5 Å². The van der Waals surface area contributed by atoms with Gasteiger partial charge in [-0.3, -0.25) is 10.1 Å². The van der Waals surface area contributed by atoms with E-state index in [1.807, 2.05) is 32.0 Å². The predicted octanol–water partition coefficient (Wildman–Crippen LogP) is 2.87. The summed E-state index contributed by atoms with van der Waals surface area (Å²) in [5, 5.41) is 2.97. The van der Waals surface area contributed by atoms with Crippen LogP contribution in [-0.4, -0.2) is 30.6 Å². The first-order valence-corrected chi connectivity index (χ1v) is 7.78. The molecule has 0 spiro atoms. The summed E-state index contributed by atoms with van der Waals surface area (Å²) in [6, 6.07) is 5.80. The van der Waals surface area contributed by atoms with Crippen molar-refractivity contribution in [1.29, 1.82) is 0 Å². The second-order valence-corrected chi connectivity index (χ2v) is 6.03. The maximum absolute atomic E-state index is 12.0. The smallest absolute Gasteiger partial charge is 0.350 e. The van der Waals surface area contributed by atoms with Gasteiger partial charge in [-0.15, -0.1) is 0 Å². The van der Waals surface area contributed by atoms with Gasteiger partial charge in [0.15, 0.2) is 11.7 Å². The summed E-state index contributed by atoms with van der Waals surface area (Å²) in [7, 11) is 1.30. The van der Waals surface area contributed by atoms with Crippen LogP contribution in [0.4, 0.5) is 5.13 Å². The summed E-state index contributed by atoms with van der Waals surface area (Å²) >= 11 is 1.07. The molecule has 0 aliphatic rings. The van der Waals surface area contributed by atoms with Crippen LogP contribution in [0, 0.1) is 20.8 Å². The predicted molar refractivity (Wildman–Crippen MR) is 88.2 cm³/mol. The minimum absolute atomic E-state index is 0.128. The SMILES string of the molecule is COC(=O)c1sc(NC(=O)COc2cc(C)ccc2C)nc1C. The molecule has 122 valence electrons. The highest BCUT2D eigenvalue weighted by atomic mass is 32.1. The van der Waals surface area contributed by atoms with Crippen LogP contribution in [0.25, 0.3) is 0 Å².